The minimum Gasteiger partial charge on any atom is -0.507 e. The topological polar surface area (TPSA) is 66.4 Å². The third-order valence-corrected chi connectivity index (χ3v) is 2.42. The van der Waals surface area contributed by atoms with Crippen LogP contribution in [0.2, 0.25) is 0 Å². The van der Waals surface area contributed by atoms with Crippen LogP contribution in [0.15, 0.2) is 24.3 Å². The van der Waals surface area contributed by atoms with Gasteiger partial charge in [0.1, 0.15) is 5.75 Å². The normalized spacial score (nSPS) is 9.67. The number of carbonyl (C=O) groups excluding carboxylic acids is 2. The van der Waals surface area contributed by atoms with E-state index in [0.717, 1.165) is 11.8 Å². The molecule has 1 aromatic rings. The van der Waals surface area contributed by atoms with Crippen LogP contribution in [-0.4, -0.2) is 22.0 Å². The zero-order valence-corrected chi connectivity index (χ0v) is 9.00. The van der Waals surface area contributed by atoms with E-state index in [9.17, 15) is 14.7 Å². The van der Waals surface area contributed by atoms with Gasteiger partial charge in [-0.3, -0.25) is 9.59 Å². The van der Waals surface area contributed by atoms with E-state index in [0.29, 0.717) is 0 Å². The van der Waals surface area contributed by atoms with E-state index >= 15 is 0 Å². The third-order valence-electron chi connectivity index (χ3n) is 1.65. The summed E-state index contributed by atoms with van der Waals surface area (Å²) in [7, 11) is 0. The van der Waals surface area contributed by atoms with Gasteiger partial charge in [0.15, 0.2) is 0 Å². The molecular formula is C10H11NO3S. The second kappa shape index (κ2) is 5.41. The molecule has 0 aliphatic carbocycles. The van der Waals surface area contributed by atoms with Gasteiger partial charge in [0.25, 0.3) is 0 Å². The molecule has 15 heavy (non-hydrogen) atoms. The minimum absolute atomic E-state index is 0.0437. The van der Waals surface area contributed by atoms with Gasteiger partial charge in [-0.25, -0.2) is 0 Å². The molecule has 1 aromatic carbocycles. The fraction of sp³-hybridized carbons (Fsp3) is 0.200. The van der Waals surface area contributed by atoms with Crippen molar-refractivity contribution in [1.82, 2.24) is 5.32 Å². The number of benzene rings is 1. The predicted molar refractivity (Wildman–Crippen MR) is 58.7 cm³/mol. The molecular weight excluding hydrogens is 214 g/mol. The first-order valence-corrected chi connectivity index (χ1v) is 5.29. The Labute approximate surface area is 91.7 Å². The molecule has 0 saturated heterocycles. The van der Waals surface area contributed by atoms with Crippen LogP contribution in [0.1, 0.15) is 17.3 Å². The lowest BCUT2D eigenvalue weighted by Crippen LogP contribution is -2.19. The first kappa shape index (κ1) is 11.6. The molecule has 0 atom stereocenters. The number of aromatic hydroxyl groups is 1. The van der Waals surface area contributed by atoms with Gasteiger partial charge in [-0.15, -0.1) is 0 Å². The second-order valence-corrected chi connectivity index (χ2v) is 3.77. The van der Waals surface area contributed by atoms with Gasteiger partial charge >= 0.3 is 0 Å². The van der Waals surface area contributed by atoms with Crippen LogP contribution in [0.3, 0.4) is 0 Å². The Hall–Kier alpha value is -1.49. The van der Waals surface area contributed by atoms with E-state index in [1.54, 1.807) is 18.2 Å². The largest absolute Gasteiger partial charge is 0.507 e. The molecule has 5 heteroatoms. The Morgan fingerprint density at radius 2 is 2.07 bits per heavy atom. The Kier molecular flexibility index (Phi) is 4.17. The van der Waals surface area contributed by atoms with Crippen LogP contribution in [-0.2, 0) is 4.79 Å². The number of nitrogens with one attached hydrogen (secondary N) is 1. The van der Waals surface area contributed by atoms with Crippen molar-refractivity contribution in [2.75, 3.05) is 5.88 Å². The van der Waals surface area contributed by atoms with Crippen molar-refractivity contribution < 1.29 is 14.7 Å². The maximum absolute atomic E-state index is 11.5. The molecule has 0 saturated carbocycles. The number of carbonyl (C=O) groups is 2. The maximum Gasteiger partial charge on any atom is 0.224 e. The van der Waals surface area contributed by atoms with Crippen LogP contribution in [0.4, 0.5) is 0 Å². The van der Waals surface area contributed by atoms with Crippen LogP contribution in [0.5, 0.6) is 5.75 Å². The highest BCUT2D eigenvalue weighted by molar-refractivity contribution is 8.14. The van der Waals surface area contributed by atoms with Crippen molar-refractivity contribution in [3.8, 4) is 5.75 Å². The quantitative estimate of drug-likeness (QED) is 0.762. The van der Waals surface area contributed by atoms with Gasteiger partial charge in [-0.2, -0.15) is 0 Å². The summed E-state index contributed by atoms with van der Waals surface area (Å²) in [6.07, 6.45) is 0. The number of thioether (sulfide) groups is 1. The van der Waals surface area contributed by atoms with Crippen LogP contribution < -0.4 is 5.32 Å². The summed E-state index contributed by atoms with van der Waals surface area (Å²) in [6, 6.07) is 6.31. The van der Waals surface area contributed by atoms with Gasteiger partial charge in [0.05, 0.1) is 11.4 Å². The van der Waals surface area contributed by atoms with Crippen LogP contribution in [0.25, 0.3) is 0 Å². The summed E-state index contributed by atoms with van der Waals surface area (Å²) in [5, 5.41) is 11.6. The molecule has 0 aliphatic rings. The first-order chi connectivity index (χ1) is 7.11. The van der Waals surface area contributed by atoms with E-state index < -0.39 is 0 Å². The summed E-state index contributed by atoms with van der Waals surface area (Å²) in [5.41, 5.74) is 0.257. The van der Waals surface area contributed by atoms with Crippen molar-refractivity contribution in [3.63, 3.8) is 0 Å². The molecule has 4 nitrogen and oxygen atoms in total. The number of hydrogen-bond donors (Lipinski definition) is 2. The lowest BCUT2D eigenvalue weighted by atomic mass is 10.2. The molecule has 1 amide bonds. The smallest absolute Gasteiger partial charge is 0.224 e. The fourth-order valence-electron chi connectivity index (χ4n) is 0.927. The number of rotatable bonds is 3. The van der Waals surface area contributed by atoms with E-state index in [-0.39, 0.29) is 28.2 Å². The standard InChI is InChI=1S/C10H11NO3S/c1-7(12)11-6-15-10(14)8-4-2-3-5-9(8)13/h2-5,13H,6H2,1H3,(H,11,12). The monoisotopic (exact) mass is 225 g/mol. The molecule has 0 aromatic heterocycles. The summed E-state index contributed by atoms with van der Waals surface area (Å²) in [5.74, 6) is -0.0203. The van der Waals surface area contributed by atoms with E-state index in [4.69, 9.17) is 0 Å². The summed E-state index contributed by atoms with van der Waals surface area (Å²) in [4.78, 5) is 22.0. The molecule has 0 radical (unpaired) electrons. The highest BCUT2D eigenvalue weighted by Gasteiger charge is 2.10. The molecule has 1 rings (SSSR count). The van der Waals surface area contributed by atoms with Gasteiger partial charge in [-0.05, 0) is 12.1 Å². The number of para-hydroxylation sites is 1. The van der Waals surface area contributed by atoms with E-state index in [2.05, 4.69) is 5.32 Å². The Morgan fingerprint density at radius 3 is 2.67 bits per heavy atom. The Balaban J connectivity index is 2.54. The second-order valence-electron chi connectivity index (χ2n) is 2.83. The summed E-state index contributed by atoms with van der Waals surface area (Å²) in [6.45, 7) is 1.38. The fourth-order valence-corrected chi connectivity index (χ4v) is 1.66. The first-order valence-electron chi connectivity index (χ1n) is 4.31. The van der Waals surface area contributed by atoms with Crippen molar-refractivity contribution in [1.29, 1.82) is 0 Å². The molecule has 0 heterocycles. The average Bonchev–Trinajstić information content (AvgIpc) is 2.17. The maximum atomic E-state index is 11.5. The average molecular weight is 225 g/mol. The van der Waals surface area contributed by atoms with Crippen molar-refractivity contribution in [2.45, 2.75) is 6.92 Å². The molecule has 2 N–H and O–H groups in total. The summed E-state index contributed by atoms with van der Waals surface area (Å²) >= 11 is 0.941. The molecule has 0 aliphatic heterocycles. The molecule has 0 bridgehead atoms. The zero-order chi connectivity index (χ0) is 11.3. The van der Waals surface area contributed by atoms with Crippen molar-refractivity contribution in [3.05, 3.63) is 29.8 Å². The lowest BCUT2D eigenvalue weighted by Gasteiger charge is -2.03. The highest BCUT2D eigenvalue weighted by atomic mass is 32.2. The van der Waals surface area contributed by atoms with Crippen molar-refractivity contribution in [2.24, 2.45) is 0 Å². The van der Waals surface area contributed by atoms with Crippen molar-refractivity contribution >= 4 is 22.8 Å². The number of amides is 1. The predicted octanol–water partition coefficient (Wildman–Crippen LogP) is 1.36. The lowest BCUT2D eigenvalue weighted by molar-refractivity contribution is -0.118. The summed E-state index contributed by atoms with van der Waals surface area (Å²) < 4.78 is 0. The highest BCUT2D eigenvalue weighted by Crippen LogP contribution is 2.20. The molecule has 80 valence electrons. The van der Waals surface area contributed by atoms with E-state index in [1.807, 2.05) is 0 Å². The molecule has 0 fully saturated rings. The van der Waals surface area contributed by atoms with Gasteiger partial charge < -0.3 is 10.4 Å². The number of phenolic OH excluding ortho intramolecular Hbond substituents is 1. The van der Waals surface area contributed by atoms with Crippen LogP contribution >= 0.6 is 11.8 Å². The molecule has 0 spiro atoms. The van der Waals surface area contributed by atoms with Gasteiger partial charge in [-0.1, -0.05) is 23.9 Å². The Bertz CT molecular complexity index is 379. The molecule has 0 unspecified atom stereocenters. The zero-order valence-electron chi connectivity index (χ0n) is 8.19. The SMILES string of the molecule is CC(=O)NCSC(=O)c1ccccc1O. The number of phenols is 1. The minimum atomic E-state index is -0.262. The van der Waals surface area contributed by atoms with E-state index in [1.165, 1.54) is 13.0 Å². The van der Waals surface area contributed by atoms with Gasteiger partial charge in [0.2, 0.25) is 11.0 Å². The Morgan fingerprint density at radius 1 is 1.40 bits per heavy atom. The van der Waals surface area contributed by atoms with Gasteiger partial charge in [0, 0.05) is 6.92 Å². The third kappa shape index (κ3) is 3.63. The number of hydrogen-bond acceptors (Lipinski definition) is 4. The van der Waals surface area contributed by atoms with Crippen LogP contribution in [0, 0.1) is 0 Å².